The number of allylic oxidation sites excluding steroid dienone is 3. The maximum atomic E-state index is 11.8. The van der Waals surface area contributed by atoms with Crippen LogP contribution in [0.3, 0.4) is 0 Å². The Morgan fingerprint density at radius 3 is 2.76 bits per heavy atom. The molecule has 0 spiro atoms. The molecule has 0 aliphatic heterocycles. The zero-order valence-electron chi connectivity index (χ0n) is 9.80. The Morgan fingerprint density at radius 1 is 1.53 bits per heavy atom. The lowest BCUT2D eigenvalue weighted by molar-refractivity contribution is -0.141. The Labute approximate surface area is 101 Å². The number of hydrogen-bond donors (Lipinski definition) is 0. The molecule has 3 nitrogen and oxygen atoms in total. The molecule has 1 unspecified atom stereocenters. The average molecular weight is 229 g/mol. The first-order chi connectivity index (χ1) is 8.24. The van der Waals surface area contributed by atoms with E-state index in [1.54, 1.807) is 36.7 Å². The van der Waals surface area contributed by atoms with E-state index >= 15 is 0 Å². The van der Waals surface area contributed by atoms with Crippen molar-refractivity contribution in [3.8, 4) is 0 Å². The van der Waals surface area contributed by atoms with Crippen LogP contribution in [0.1, 0.15) is 11.5 Å². The predicted molar refractivity (Wildman–Crippen MR) is 67.5 cm³/mol. The van der Waals surface area contributed by atoms with Gasteiger partial charge < -0.3 is 4.74 Å². The molecule has 88 valence electrons. The molecule has 0 N–H and O–H groups in total. The van der Waals surface area contributed by atoms with Crippen LogP contribution >= 0.6 is 0 Å². The molecule has 0 amide bonds. The summed E-state index contributed by atoms with van der Waals surface area (Å²) in [5.41, 5.74) is 1.51. The molecule has 3 heteroatoms. The van der Waals surface area contributed by atoms with Gasteiger partial charge in [0.25, 0.3) is 0 Å². The molecule has 0 aliphatic rings. The summed E-state index contributed by atoms with van der Waals surface area (Å²) < 4.78 is 4.81. The molecular weight excluding hydrogens is 214 g/mol. The van der Waals surface area contributed by atoms with E-state index in [1.807, 2.05) is 6.07 Å². The van der Waals surface area contributed by atoms with Gasteiger partial charge in [-0.2, -0.15) is 0 Å². The summed E-state index contributed by atoms with van der Waals surface area (Å²) in [6.07, 6.45) is 8.27. The van der Waals surface area contributed by atoms with Crippen molar-refractivity contribution < 1.29 is 9.53 Å². The SMILES string of the molecule is C=C/C=C(\C=C)C(C(=O)OC)c1cccnc1. The first-order valence-corrected chi connectivity index (χ1v) is 5.17. The first-order valence-electron chi connectivity index (χ1n) is 5.17. The number of nitrogens with zero attached hydrogens (tertiary/aromatic N) is 1. The Morgan fingerprint density at radius 2 is 2.29 bits per heavy atom. The van der Waals surface area contributed by atoms with Crippen LogP contribution in [0.15, 0.2) is 61.5 Å². The van der Waals surface area contributed by atoms with Crippen molar-refractivity contribution >= 4 is 5.97 Å². The minimum absolute atomic E-state index is 0.342. The summed E-state index contributed by atoms with van der Waals surface area (Å²) >= 11 is 0. The van der Waals surface area contributed by atoms with Crippen molar-refractivity contribution in [1.29, 1.82) is 0 Å². The zero-order valence-corrected chi connectivity index (χ0v) is 9.80. The smallest absolute Gasteiger partial charge is 0.317 e. The van der Waals surface area contributed by atoms with Gasteiger partial charge in [0, 0.05) is 12.4 Å². The van der Waals surface area contributed by atoms with Crippen molar-refractivity contribution in [2.45, 2.75) is 5.92 Å². The van der Waals surface area contributed by atoms with Gasteiger partial charge in [0.1, 0.15) is 5.92 Å². The number of hydrogen-bond acceptors (Lipinski definition) is 3. The summed E-state index contributed by atoms with van der Waals surface area (Å²) in [5, 5.41) is 0. The molecule has 0 aliphatic carbocycles. The summed E-state index contributed by atoms with van der Waals surface area (Å²) in [7, 11) is 1.36. The van der Waals surface area contributed by atoms with E-state index in [2.05, 4.69) is 18.1 Å². The lowest BCUT2D eigenvalue weighted by Crippen LogP contribution is -2.16. The summed E-state index contributed by atoms with van der Waals surface area (Å²) in [6, 6.07) is 3.61. The van der Waals surface area contributed by atoms with Gasteiger partial charge in [-0.05, 0) is 17.2 Å². The maximum absolute atomic E-state index is 11.8. The molecule has 0 radical (unpaired) electrons. The molecular formula is C14H15NO2. The van der Waals surface area contributed by atoms with E-state index in [0.29, 0.717) is 0 Å². The average Bonchev–Trinajstić information content (AvgIpc) is 2.39. The molecule has 0 saturated heterocycles. The molecule has 1 aromatic rings. The second kappa shape index (κ2) is 6.43. The van der Waals surface area contributed by atoms with Crippen molar-refractivity contribution in [2.75, 3.05) is 7.11 Å². The van der Waals surface area contributed by atoms with Gasteiger partial charge in [0.2, 0.25) is 0 Å². The topological polar surface area (TPSA) is 39.2 Å². The molecule has 0 fully saturated rings. The number of methoxy groups -OCH3 is 1. The minimum atomic E-state index is -0.510. The highest BCUT2D eigenvalue weighted by Gasteiger charge is 2.23. The van der Waals surface area contributed by atoms with E-state index in [-0.39, 0.29) is 5.97 Å². The first kappa shape index (κ1) is 12.9. The van der Waals surface area contributed by atoms with Crippen LogP contribution in [0, 0.1) is 0 Å². The zero-order chi connectivity index (χ0) is 12.7. The lowest BCUT2D eigenvalue weighted by Gasteiger charge is -2.15. The van der Waals surface area contributed by atoms with Gasteiger partial charge in [-0.3, -0.25) is 9.78 Å². The largest absolute Gasteiger partial charge is 0.468 e. The van der Waals surface area contributed by atoms with Crippen LogP contribution in [-0.4, -0.2) is 18.1 Å². The summed E-state index contributed by atoms with van der Waals surface area (Å²) in [6.45, 7) is 7.32. The molecule has 1 aromatic heterocycles. The van der Waals surface area contributed by atoms with Gasteiger partial charge in [-0.15, -0.1) is 0 Å². The van der Waals surface area contributed by atoms with Crippen LogP contribution in [0.2, 0.25) is 0 Å². The fraction of sp³-hybridized carbons (Fsp3) is 0.143. The van der Waals surface area contributed by atoms with Gasteiger partial charge in [-0.1, -0.05) is 37.5 Å². The molecule has 17 heavy (non-hydrogen) atoms. The van der Waals surface area contributed by atoms with E-state index in [0.717, 1.165) is 11.1 Å². The molecule has 0 aromatic carbocycles. The van der Waals surface area contributed by atoms with E-state index in [1.165, 1.54) is 7.11 Å². The second-order valence-corrected chi connectivity index (χ2v) is 3.35. The van der Waals surface area contributed by atoms with Crippen molar-refractivity contribution in [3.05, 3.63) is 67.0 Å². The van der Waals surface area contributed by atoms with Crippen LogP contribution in [-0.2, 0) is 9.53 Å². The lowest BCUT2D eigenvalue weighted by atomic mass is 9.92. The second-order valence-electron chi connectivity index (χ2n) is 3.35. The normalized spacial score (nSPS) is 12.6. The minimum Gasteiger partial charge on any atom is -0.468 e. The number of aromatic nitrogens is 1. The molecule has 1 rings (SSSR count). The number of carbonyl (C=O) groups is 1. The highest BCUT2D eigenvalue weighted by atomic mass is 16.5. The molecule has 1 atom stereocenters. The van der Waals surface area contributed by atoms with E-state index in [9.17, 15) is 4.79 Å². The van der Waals surface area contributed by atoms with Gasteiger partial charge >= 0.3 is 5.97 Å². The Kier molecular flexibility index (Phi) is 4.88. The highest BCUT2D eigenvalue weighted by molar-refractivity contribution is 5.82. The van der Waals surface area contributed by atoms with Crippen molar-refractivity contribution in [1.82, 2.24) is 4.98 Å². The Balaban J connectivity index is 3.21. The molecule has 0 saturated carbocycles. The fourth-order valence-corrected chi connectivity index (χ4v) is 1.55. The van der Waals surface area contributed by atoms with Crippen LogP contribution < -0.4 is 0 Å². The third-order valence-corrected chi connectivity index (χ3v) is 2.33. The maximum Gasteiger partial charge on any atom is 0.317 e. The predicted octanol–water partition coefficient (Wildman–Crippen LogP) is 2.64. The Hall–Kier alpha value is -2.16. The van der Waals surface area contributed by atoms with Crippen LogP contribution in [0.5, 0.6) is 0 Å². The Bertz CT molecular complexity index is 435. The number of esters is 1. The number of ether oxygens (including phenoxy) is 1. The third kappa shape index (κ3) is 3.14. The summed E-state index contributed by atoms with van der Waals surface area (Å²) in [4.78, 5) is 15.8. The quantitative estimate of drug-likeness (QED) is 0.575. The van der Waals surface area contributed by atoms with Gasteiger partial charge in [-0.25, -0.2) is 0 Å². The van der Waals surface area contributed by atoms with Gasteiger partial charge in [0.15, 0.2) is 0 Å². The summed E-state index contributed by atoms with van der Waals surface area (Å²) in [5.74, 6) is -0.852. The van der Waals surface area contributed by atoms with Crippen molar-refractivity contribution in [2.24, 2.45) is 0 Å². The number of pyridine rings is 1. The number of carbonyl (C=O) groups excluding carboxylic acids is 1. The highest BCUT2D eigenvalue weighted by Crippen LogP contribution is 2.25. The van der Waals surface area contributed by atoms with Gasteiger partial charge in [0.05, 0.1) is 7.11 Å². The van der Waals surface area contributed by atoms with Crippen molar-refractivity contribution in [3.63, 3.8) is 0 Å². The van der Waals surface area contributed by atoms with Crippen LogP contribution in [0.25, 0.3) is 0 Å². The molecule has 0 bridgehead atoms. The third-order valence-electron chi connectivity index (χ3n) is 2.33. The monoisotopic (exact) mass is 229 g/mol. The molecule has 1 heterocycles. The standard InChI is InChI=1S/C14H15NO2/c1-4-7-11(5-2)13(14(16)17-3)12-8-6-9-15-10-12/h4-10,13H,1-2H2,3H3/b11-7+. The fourth-order valence-electron chi connectivity index (χ4n) is 1.55. The van der Waals surface area contributed by atoms with Crippen LogP contribution in [0.4, 0.5) is 0 Å². The van der Waals surface area contributed by atoms with E-state index < -0.39 is 5.92 Å². The van der Waals surface area contributed by atoms with E-state index in [4.69, 9.17) is 4.74 Å². The number of rotatable bonds is 5.